The zero-order valence-corrected chi connectivity index (χ0v) is 13.2. The van der Waals surface area contributed by atoms with Crippen LogP contribution in [-0.2, 0) is 13.1 Å². The van der Waals surface area contributed by atoms with Crippen molar-refractivity contribution in [2.24, 2.45) is 5.92 Å². The van der Waals surface area contributed by atoms with Crippen LogP contribution in [0.1, 0.15) is 30.9 Å². The van der Waals surface area contributed by atoms with Gasteiger partial charge in [0.25, 0.3) is 0 Å². The highest BCUT2D eigenvalue weighted by Gasteiger charge is 2.14. The van der Waals surface area contributed by atoms with Gasteiger partial charge in [-0.2, -0.15) is 11.8 Å². The maximum Gasteiger partial charge on any atom is 0.120 e. The molecule has 0 amide bonds. The fourth-order valence-electron chi connectivity index (χ4n) is 2.30. The summed E-state index contributed by atoms with van der Waals surface area (Å²) in [6.07, 6.45) is 0. The third kappa shape index (κ3) is 4.86. The number of aryl methyl sites for hydroxylation is 1. The summed E-state index contributed by atoms with van der Waals surface area (Å²) in [6, 6.07) is 2.20. The molecule has 1 N–H and O–H groups in total. The van der Waals surface area contributed by atoms with E-state index in [0.29, 0.717) is 5.92 Å². The lowest BCUT2D eigenvalue weighted by Gasteiger charge is -2.24. The molecule has 1 fully saturated rings. The predicted octanol–water partition coefficient (Wildman–Crippen LogP) is 2.88. The van der Waals surface area contributed by atoms with E-state index in [-0.39, 0.29) is 0 Å². The van der Waals surface area contributed by atoms with Gasteiger partial charge in [0.1, 0.15) is 11.5 Å². The maximum atomic E-state index is 5.99. The average molecular weight is 282 g/mol. The molecular weight excluding hydrogens is 256 g/mol. The van der Waals surface area contributed by atoms with E-state index in [4.69, 9.17) is 4.42 Å². The Labute approximate surface area is 121 Å². The minimum Gasteiger partial charge on any atom is -0.463 e. The first-order valence-corrected chi connectivity index (χ1v) is 8.39. The monoisotopic (exact) mass is 282 g/mol. The fraction of sp³-hybridized carbons (Fsp3) is 0.733. The molecule has 0 unspecified atom stereocenters. The molecule has 2 heterocycles. The van der Waals surface area contributed by atoms with Crippen LogP contribution < -0.4 is 5.32 Å². The number of rotatable bonds is 6. The molecule has 1 aliphatic rings. The van der Waals surface area contributed by atoms with Crippen molar-refractivity contribution in [1.82, 2.24) is 10.2 Å². The van der Waals surface area contributed by atoms with Gasteiger partial charge in [0.2, 0.25) is 0 Å². The Morgan fingerprint density at radius 1 is 1.37 bits per heavy atom. The number of hydrogen-bond donors (Lipinski definition) is 1. The van der Waals surface area contributed by atoms with E-state index in [2.05, 4.69) is 37.1 Å². The smallest absolute Gasteiger partial charge is 0.120 e. The fourth-order valence-corrected chi connectivity index (χ4v) is 3.28. The lowest BCUT2D eigenvalue weighted by Crippen LogP contribution is -2.31. The van der Waals surface area contributed by atoms with Gasteiger partial charge < -0.3 is 9.73 Å². The van der Waals surface area contributed by atoms with Crippen molar-refractivity contribution in [3.05, 3.63) is 23.2 Å². The SMILES string of the molecule is Cc1cc(CN2CCSCC2)oc1CNCC(C)C. The van der Waals surface area contributed by atoms with Gasteiger partial charge in [0, 0.05) is 24.6 Å². The van der Waals surface area contributed by atoms with Gasteiger partial charge in [-0.3, -0.25) is 4.90 Å². The molecule has 0 saturated carbocycles. The number of thioether (sulfide) groups is 1. The summed E-state index contributed by atoms with van der Waals surface area (Å²) in [4.78, 5) is 2.49. The molecule has 1 saturated heterocycles. The van der Waals surface area contributed by atoms with E-state index in [9.17, 15) is 0 Å². The molecule has 3 nitrogen and oxygen atoms in total. The van der Waals surface area contributed by atoms with Crippen LogP contribution in [0.3, 0.4) is 0 Å². The summed E-state index contributed by atoms with van der Waals surface area (Å²) in [6.45, 7) is 11.8. The van der Waals surface area contributed by atoms with E-state index in [1.54, 1.807) is 0 Å². The van der Waals surface area contributed by atoms with Crippen LogP contribution >= 0.6 is 11.8 Å². The average Bonchev–Trinajstić information content (AvgIpc) is 2.70. The third-order valence-electron chi connectivity index (χ3n) is 3.39. The first kappa shape index (κ1) is 14.9. The lowest BCUT2D eigenvalue weighted by molar-refractivity contribution is 0.263. The van der Waals surface area contributed by atoms with E-state index >= 15 is 0 Å². The second kappa shape index (κ2) is 7.36. The van der Waals surface area contributed by atoms with Crippen molar-refractivity contribution >= 4 is 11.8 Å². The lowest BCUT2D eigenvalue weighted by atomic mass is 10.2. The highest BCUT2D eigenvalue weighted by molar-refractivity contribution is 7.99. The van der Waals surface area contributed by atoms with Crippen LogP contribution in [0.5, 0.6) is 0 Å². The molecular formula is C15H26N2OS. The Hall–Kier alpha value is -0.450. The van der Waals surface area contributed by atoms with E-state index < -0.39 is 0 Å². The minimum absolute atomic E-state index is 0.681. The minimum atomic E-state index is 0.681. The molecule has 2 rings (SSSR count). The van der Waals surface area contributed by atoms with Crippen molar-refractivity contribution < 1.29 is 4.42 Å². The first-order chi connectivity index (χ1) is 9.15. The van der Waals surface area contributed by atoms with Crippen molar-refractivity contribution in [3.8, 4) is 0 Å². The molecule has 0 atom stereocenters. The van der Waals surface area contributed by atoms with E-state index in [0.717, 1.165) is 31.2 Å². The van der Waals surface area contributed by atoms with Crippen molar-refractivity contribution in [2.45, 2.75) is 33.9 Å². The van der Waals surface area contributed by atoms with Crippen molar-refractivity contribution in [2.75, 3.05) is 31.1 Å². The standard InChI is InChI=1S/C15H26N2OS/c1-12(2)9-16-10-15-13(3)8-14(18-15)11-17-4-6-19-7-5-17/h8,12,16H,4-7,9-11H2,1-3H3. The Bertz CT molecular complexity index is 383. The number of furan rings is 1. The van der Waals surface area contributed by atoms with Gasteiger partial charge in [-0.05, 0) is 31.0 Å². The molecule has 0 aliphatic carbocycles. The normalized spacial score (nSPS) is 17.3. The van der Waals surface area contributed by atoms with Gasteiger partial charge in [-0.15, -0.1) is 0 Å². The van der Waals surface area contributed by atoms with Crippen molar-refractivity contribution in [1.29, 1.82) is 0 Å². The van der Waals surface area contributed by atoms with Gasteiger partial charge >= 0.3 is 0 Å². The Morgan fingerprint density at radius 2 is 2.11 bits per heavy atom. The molecule has 19 heavy (non-hydrogen) atoms. The Morgan fingerprint density at radius 3 is 2.79 bits per heavy atom. The van der Waals surface area contributed by atoms with Crippen LogP contribution in [0.2, 0.25) is 0 Å². The molecule has 108 valence electrons. The van der Waals surface area contributed by atoms with Crippen LogP contribution in [0.4, 0.5) is 0 Å². The van der Waals surface area contributed by atoms with Crippen molar-refractivity contribution in [3.63, 3.8) is 0 Å². The second-order valence-electron chi connectivity index (χ2n) is 5.73. The number of hydrogen-bond acceptors (Lipinski definition) is 4. The summed E-state index contributed by atoms with van der Waals surface area (Å²) in [5.41, 5.74) is 1.28. The van der Waals surface area contributed by atoms with Gasteiger partial charge in [-0.1, -0.05) is 13.8 Å². The summed E-state index contributed by atoms with van der Waals surface area (Å²) >= 11 is 2.05. The van der Waals surface area contributed by atoms with Crippen LogP contribution in [0.25, 0.3) is 0 Å². The highest BCUT2D eigenvalue weighted by Crippen LogP contribution is 2.18. The van der Waals surface area contributed by atoms with E-state index in [1.165, 1.54) is 30.2 Å². The maximum absolute atomic E-state index is 5.99. The predicted molar refractivity (Wildman–Crippen MR) is 82.6 cm³/mol. The number of nitrogens with one attached hydrogen (secondary N) is 1. The largest absolute Gasteiger partial charge is 0.463 e. The van der Waals surface area contributed by atoms with Crippen LogP contribution in [0, 0.1) is 12.8 Å². The van der Waals surface area contributed by atoms with Crippen LogP contribution in [0.15, 0.2) is 10.5 Å². The topological polar surface area (TPSA) is 28.4 Å². The Balaban J connectivity index is 1.84. The van der Waals surface area contributed by atoms with E-state index in [1.807, 2.05) is 11.8 Å². The zero-order chi connectivity index (χ0) is 13.7. The summed E-state index contributed by atoms with van der Waals surface area (Å²) in [5.74, 6) is 5.40. The molecule has 4 heteroatoms. The van der Waals surface area contributed by atoms with Gasteiger partial charge in [0.15, 0.2) is 0 Å². The molecule has 0 spiro atoms. The molecule has 0 aromatic carbocycles. The van der Waals surface area contributed by atoms with Gasteiger partial charge in [-0.25, -0.2) is 0 Å². The van der Waals surface area contributed by atoms with Gasteiger partial charge in [0.05, 0.1) is 13.1 Å². The quantitative estimate of drug-likeness (QED) is 0.868. The summed E-state index contributed by atoms with van der Waals surface area (Å²) < 4.78 is 5.99. The molecule has 1 aromatic heterocycles. The second-order valence-corrected chi connectivity index (χ2v) is 6.96. The highest BCUT2D eigenvalue weighted by atomic mass is 32.2. The Kier molecular flexibility index (Phi) is 5.79. The molecule has 0 bridgehead atoms. The third-order valence-corrected chi connectivity index (χ3v) is 4.34. The number of nitrogens with zero attached hydrogens (tertiary/aromatic N) is 1. The zero-order valence-electron chi connectivity index (χ0n) is 12.4. The molecule has 1 aliphatic heterocycles. The molecule has 1 aromatic rings. The summed E-state index contributed by atoms with van der Waals surface area (Å²) in [5, 5.41) is 3.45. The summed E-state index contributed by atoms with van der Waals surface area (Å²) in [7, 11) is 0. The molecule has 0 radical (unpaired) electrons. The van der Waals surface area contributed by atoms with Crippen LogP contribution in [-0.4, -0.2) is 36.0 Å². The first-order valence-electron chi connectivity index (χ1n) is 7.24.